The molecule has 1 aliphatic heterocycles. The van der Waals surface area contributed by atoms with Crippen molar-refractivity contribution in [3.8, 4) is 5.75 Å². The lowest BCUT2D eigenvalue weighted by Gasteiger charge is -2.37. The average Bonchev–Trinajstić information content (AvgIpc) is 3.24. The number of ether oxygens (including phenoxy) is 1. The van der Waals surface area contributed by atoms with E-state index in [1.807, 2.05) is 60.0 Å². The van der Waals surface area contributed by atoms with E-state index in [0.717, 1.165) is 22.0 Å². The van der Waals surface area contributed by atoms with Crippen LogP contribution in [0, 0.1) is 0 Å². The minimum Gasteiger partial charge on any atom is -0.489 e. The van der Waals surface area contributed by atoms with Crippen molar-refractivity contribution >= 4 is 28.6 Å². The van der Waals surface area contributed by atoms with Crippen molar-refractivity contribution in [2.24, 2.45) is 0 Å². The van der Waals surface area contributed by atoms with E-state index < -0.39 is 0 Å². The van der Waals surface area contributed by atoms with Crippen molar-refractivity contribution in [1.82, 2.24) is 5.32 Å². The Morgan fingerprint density at radius 2 is 2.04 bits per heavy atom. The number of anilines is 2. The first-order valence-corrected chi connectivity index (χ1v) is 10.1. The molecule has 0 fully saturated rings. The number of para-hydroxylation sites is 1. The van der Waals surface area contributed by atoms with E-state index in [1.165, 1.54) is 0 Å². The van der Waals surface area contributed by atoms with Gasteiger partial charge in [0, 0.05) is 22.7 Å². The van der Waals surface area contributed by atoms with E-state index in [4.69, 9.17) is 4.74 Å². The second-order valence-corrected chi connectivity index (χ2v) is 8.20. The first-order valence-electron chi connectivity index (χ1n) is 9.26. The molecule has 0 saturated carbocycles. The van der Waals surface area contributed by atoms with E-state index >= 15 is 0 Å². The molecule has 0 aliphatic carbocycles. The number of amides is 1. The Balaban J connectivity index is 1.42. The highest BCUT2D eigenvalue weighted by atomic mass is 32.1. The number of thiophene rings is 1. The average molecular weight is 394 g/mol. The zero-order valence-electron chi connectivity index (χ0n) is 15.7. The van der Waals surface area contributed by atoms with Crippen molar-refractivity contribution in [2.45, 2.75) is 19.0 Å². The van der Waals surface area contributed by atoms with Crippen LogP contribution in [0.2, 0.25) is 0 Å². The lowest BCUT2D eigenvalue weighted by molar-refractivity contribution is 0.0951. The Bertz CT molecular complexity index is 944. The first-order chi connectivity index (χ1) is 13.6. The third-order valence-corrected chi connectivity index (χ3v) is 5.56. The van der Waals surface area contributed by atoms with Gasteiger partial charge in [-0.1, -0.05) is 24.3 Å². The number of carbonyl (C=O) groups is 1. The lowest BCUT2D eigenvalue weighted by Crippen LogP contribution is -2.49. The summed E-state index contributed by atoms with van der Waals surface area (Å²) in [7, 11) is 0. The summed E-state index contributed by atoms with van der Waals surface area (Å²) in [6.45, 7) is 3.89. The second-order valence-electron chi connectivity index (χ2n) is 7.17. The molecule has 1 amide bonds. The van der Waals surface area contributed by atoms with E-state index in [1.54, 1.807) is 17.4 Å². The van der Waals surface area contributed by atoms with Crippen LogP contribution in [-0.4, -0.2) is 24.6 Å². The highest BCUT2D eigenvalue weighted by molar-refractivity contribution is 7.09. The Hall–Kier alpha value is -2.99. The Morgan fingerprint density at radius 3 is 2.82 bits per heavy atom. The zero-order valence-corrected chi connectivity index (χ0v) is 16.5. The molecular weight excluding hydrogens is 370 g/mol. The summed E-state index contributed by atoms with van der Waals surface area (Å²) in [5.74, 6) is 0.680. The van der Waals surface area contributed by atoms with E-state index in [9.17, 15) is 4.79 Å². The largest absolute Gasteiger partial charge is 0.489 e. The van der Waals surface area contributed by atoms with Gasteiger partial charge in [0.2, 0.25) is 0 Å². The minimum atomic E-state index is -0.283. The summed E-state index contributed by atoms with van der Waals surface area (Å²) in [5.41, 5.74) is 2.24. The highest BCUT2D eigenvalue weighted by Crippen LogP contribution is 2.33. The highest BCUT2D eigenvalue weighted by Gasteiger charge is 2.31. The predicted octanol–water partition coefficient (Wildman–Crippen LogP) is 4.35. The molecule has 28 heavy (non-hydrogen) atoms. The fraction of sp³-hybridized carbons (Fsp3) is 0.227. The van der Waals surface area contributed by atoms with Gasteiger partial charge in [-0.05, 0) is 48.7 Å². The molecule has 3 aromatic rings. The monoisotopic (exact) mass is 393 g/mol. The maximum Gasteiger partial charge on any atom is 0.251 e. The number of carbonyl (C=O) groups excluding carboxylic acids is 1. The SMILES string of the molecule is CC1(CNc2ccccc2)COc2ccc(C(=O)NCc3cccs3)cc2N1. The van der Waals surface area contributed by atoms with Crippen molar-refractivity contribution in [2.75, 3.05) is 23.8 Å². The zero-order chi connectivity index (χ0) is 19.4. The maximum absolute atomic E-state index is 12.5. The van der Waals surface area contributed by atoms with Crippen LogP contribution in [0.3, 0.4) is 0 Å². The fourth-order valence-electron chi connectivity index (χ4n) is 3.12. The molecule has 6 heteroatoms. The molecule has 3 N–H and O–H groups in total. The topological polar surface area (TPSA) is 62.4 Å². The fourth-order valence-corrected chi connectivity index (χ4v) is 3.77. The summed E-state index contributed by atoms with van der Waals surface area (Å²) in [6.07, 6.45) is 0. The summed E-state index contributed by atoms with van der Waals surface area (Å²) >= 11 is 1.63. The van der Waals surface area contributed by atoms with Crippen LogP contribution in [0.4, 0.5) is 11.4 Å². The number of hydrogen-bond donors (Lipinski definition) is 3. The number of nitrogens with one attached hydrogen (secondary N) is 3. The number of fused-ring (bicyclic) bond motifs is 1. The van der Waals surface area contributed by atoms with Gasteiger partial charge in [-0.15, -0.1) is 11.3 Å². The molecule has 0 radical (unpaired) electrons. The second kappa shape index (κ2) is 7.94. The van der Waals surface area contributed by atoms with Crippen LogP contribution in [0.1, 0.15) is 22.2 Å². The van der Waals surface area contributed by atoms with Gasteiger partial charge in [-0.2, -0.15) is 0 Å². The predicted molar refractivity (Wildman–Crippen MR) is 114 cm³/mol. The molecular formula is C22H23N3O2S. The normalized spacial score (nSPS) is 17.8. The van der Waals surface area contributed by atoms with Crippen LogP contribution in [0.25, 0.3) is 0 Å². The Kier molecular flexibility index (Phi) is 5.21. The molecule has 4 rings (SSSR count). The quantitative estimate of drug-likeness (QED) is 0.583. The first kappa shape index (κ1) is 18.4. The number of hydrogen-bond acceptors (Lipinski definition) is 5. The van der Waals surface area contributed by atoms with Gasteiger partial charge in [-0.3, -0.25) is 4.79 Å². The smallest absolute Gasteiger partial charge is 0.251 e. The van der Waals surface area contributed by atoms with E-state index in [-0.39, 0.29) is 11.4 Å². The van der Waals surface area contributed by atoms with Crippen molar-refractivity contribution in [3.63, 3.8) is 0 Å². The van der Waals surface area contributed by atoms with Crippen LogP contribution in [0.5, 0.6) is 5.75 Å². The van der Waals surface area contributed by atoms with Gasteiger partial charge in [0.15, 0.2) is 0 Å². The van der Waals surface area contributed by atoms with Crippen molar-refractivity contribution < 1.29 is 9.53 Å². The number of rotatable bonds is 6. The maximum atomic E-state index is 12.5. The molecule has 0 bridgehead atoms. The standard InChI is InChI=1S/C22H23N3O2S/c1-22(14-24-17-6-3-2-4-7-17)15-27-20-10-9-16(12-19(20)25-22)21(26)23-13-18-8-5-11-28-18/h2-12,24-25H,13-15H2,1H3,(H,23,26). The van der Waals surface area contributed by atoms with Gasteiger partial charge in [-0.25, -0.2) is 0 Å². The van der Waals surface area contributed by atoms with Crippen LogP contribution in [0.15, 0.2) is 66.0 Å². The third kappa shape index (κ3) is 4.28. The molecule has 1 aliphatic rings. The van der Waals surface area contributed by atoms with E-state index in [0.29, 0.717) is 25.3 Å². The minimum absolute atomic E-state index is 0.0901. The third-order valence-electron chi connectivity index (χ3n) is 4.68. The van der Waals surface area contributed by atoms with Gasteiger partial charge in [0.25, 0.3) is 5.91 Å². The number of benzene rings is 2. The summed E-state index contributed by atoms with van der Waals surface area (Å²) in [6, 6.07) is 19.6. The van der Waals surface area contributed by atoms with Crippen molar-refractivity contribution in [1.29, 1.82) is 0 Å². The van der Waals surface area contributed by atoms with Gasteiger partial charge >= 0.3 is 0 Å². The molecule has 1 atom stereocenters. The Labute approximate surface area is 168 Å². The molecule has 144 valence electrons. The Morgan fingerprint density at radius 1 is 1.18 bits per heavy atom. The van der Waals surface area contributed by atoms with Crippen LogP contribution in [-0.2, 0) is 6.54 Å². The molecule has 2 heterocycles. The van der Waals surface area contributed by atoms with Gasteiger partial charge in [0.1, 0.15) is 12.4 Å². The molecule has 0 spiro atoms. The summed E-state index contributed by atoms with van der Waals surface area (Å²) in [4.78, 5) is 13.6. The lowest BCUT2D eigenvalue weighted by atomic mass is 10.00. The summed E-state index contributed by atoms with van der Waals surface area (Å²) < 4.78 is 5.95. The van der Waals surface area contributed by atoms with Gasteiger partial charge < -0.3 is 20.7 Å². The van der Waals surface area contributed by atoms with Crippen LogP contribution < -0.4 is 20.7 Å². The van der Waals surface area contributed by atoms with Crippen molar-refractivity contribution in [3.05, 3.63) is 76.5 Å². The molecule has 5 nitrogen and oxygen atoms in total. The van der Waals surface area contributed by atoms with Gasteiger partial charge in [0.05, 0.1) is 17.8 Å². The molecule has 1 unspecified atom stereocenters. The molecule has 2 aromatic carbocycles. The van der Waals surface area contributed by atoms with E-state index in [2.05, 4.69) is 22.9 Å². The summed E-state index contributed by atoms with van der Waals surface area (Å²) in [5, 5.41) is 12.0. The van der Waals surface area contributed by atoms with Crippen LogP contribution >= 0.6 is 11.3 Å². The molecule has 0 saturated heterocycles. The molecule has 1 aromatic heterocycles.